The highest BCUT2D eigenvalue weighted by Crippen LogP contribution is 2.25. The van der Waals surface area contributed by atoms with Gasteiger partial charge < -0.3 is 10.3 Å². The molecule has 6 nitrogen and oxygen atoms in total. The minimum absolute atomic E-state index is 0.00935. The molecule has 0 aliphatic rings. The SMILES string of the molecule is O=C(Cc1cc(=O)[nH]c(SCc2cccc(Cl)c2)n1)Nc1nc2ccccc2s1. The molecular weight excluding hydrogens is 428 g/mol. The van der Waals surface area contributed by atoms with Crippen LogP contribution in [0.1, 0.15) is 11.3 Å². The molecule has 0 atom stereocenters. The topological polar surface area (TPSA) is 87.7 Å². The van der Waals surface area contributed by atoms with Crippen molar-refractivity contribution < 1.29 is 4.79 Å². The van der Waals surface area contributed by atoms with Crippen molar-refractivity contribution in [2.75, 3.05) is 5.32 Å². The smallest absolute Gasteiger partial charge is 0.251 e. The number of carbonyl (C=O) groups is 1. The van der Waals surface area contributed by atoms with Crippen molar-refractivity contribution in [1.82, 2.24) is 15.0 Å². The summed E-state index contributed by atoms with van der Waals surface area (Å²) in [5.74, 6) is 0.332. The highest BCUT2D eigenvalue weighted by Gasteiger charge is 2.11. The molecule has 146 valence electrons. The van der Waals surface area contributed by atoms with E-state index in [9.17, 15) is 9.59 Å². The third-order valence-electron chi connectivity index (χ3n) is 3.92. The van der Waals surface area contributed by atoms with Crippen LogP contribution in [0.2, 0.25) is 5.02 Å². The fraction of sp³-hybridized carbons (Fsp3) is 0.100. The van der Waals surface area contributed by atoms with Gasteiger partial charge in [0.25, 0.3) is 5.56 Å². The molecule has 2 heterocycles. The lowest BCUT2D eigenvalue weighted by molar-refractivity contribution is -0.115. The molecular formula is C20H15ClN4O2S2. The van der Waals surface area contributed by atoms with Crippen LogP contribution < -0.4 is 10.9 Å². The molecule has 0 aliphatic carbocycles. The zero-order valence-corrected chi connectivity index (χ0v) is 17.4. The lowest BCUT2D eigenvalue weighted by Gasteiger charge is -2.05. The summed E-state index contributed by atoms with van der Waals surface area (Å²) < 4.78 is 0.997. The van der Waals surface area contributed by atoms with Crippen LogP contribution in [0.3, 0.4) is 0 Å². The number of H-pyrrole nitrogens is 1. The maximum atomic E-state index is 12.4. The summed E-state index contributed by atoms with van der Waals surface area (Å²) in [4.78, 5) is 35.8. The molecule has 1 amide bonds. The number of aromatic nitrogens is 3. The summed E-state index contributed by atoms with van der Waals surface area (Å²) in [6.07, 6.45) is -0.00935. The fourth-order valence-electron chi connectivity index (χ4n) is 2.67. The Morgan fingerprint density at radius 1 is 1.14 bits per heavy atom. The van der Waals surface area contributed by atoms with E-state index in [1.807, 2.05) is 42.5 Å². The van der Waals surface area contributed by atoms with E-state index < -0.39 is 0 Å². The first-order valence-corrected chi connectivity index (χ1v) is 10.9. The van der Waals surface area contributed by atoms with Gasteiger partial charge in [-0.25, -0.2) is 9.97 Å². The Bertz CT molecular complexity index is 1210. The van der Waals surface area contributed by atoms with E-state index in [4.69, 9.17) is 11.6 Å². The van der Waals surface area contributed by atoms with Crippen molar-refractivity contribution in [3.63, 3.8) is 0 Å². The number of nitrogens with zero attached hydrogens (tertiary/aromatic N) is 2. The number of thiazole rings is 1. The third-order valence-corrected chi connectivity index (χ3v) is 6.05. The molecule has 0 aliphatic heterocycles. The number of aromatic amines is 1. The second-order valence-electron chi connectivity index (χ2n) is 6.17. The first-order chi connectivity index (χ1) is 14.0. The number of hydrogen-bond donors (Lipinski definition) is 2. The van der Waals surface area contributed by atoms with Crippen molar-refractivity contribution in [1.29, 1.82) is 0 Å². The number of rotatable bonds is 6. The lowest BCUT2D eigenvalue weighted by atomic mass is 10.2. The summed E-state index contributed by atoms with van der Waals surface area (Å²) in [7, 11) is 0. The Labute approximate surface area is 179 Å². The minimum Gasteiger partial charge on any atom is -0.302 e. The Morgan fingerprint density at radius 3 is 2.83 bits per heavy atom. The van der Waals surface area contributed by atoms with Crippen molar-refractivity contribution in [2.45, 2.75) is 17.3 Å². The first kappa shape index (κ1) is 19.6. The van der Waals surface area contributed by atoms with E-state index in [0.717, 1.165) is 15.8 Å². The van der Waals surface area contributed by atoms with Crippen LogP contribution in [0.5, 0.6) is 0 Å². The summed E-state index contributed by atoms with van der Waals surface area (Å²) in [5, 5.41) is 4.42. The molecule has 0 radical (unpaired) electrons. The normalized spacial score (nSPS) is 10.9. The number of anilines is 1. The summed E-state index contributed by atoms with van der Waals surface area (Å²) in [6, 6.07) is 16.5. The summed E-state index contributed by atoms with van der Waals surface area (Å²) in [6.45, 7) is 0. The highest BCUT2D eigenvalue weighted by molar-refractivity contribution is 7.98. The van der Waals surface area contributed by atoms with Crippen LogP contribution in [0, 0.1) is 0 Å². The Morgan fingerprint density at radius 2 is 2.00 bits per heavy atom. The third kappa shape index (κ3) is 5.23. The van der Waals surface area contributed by atoms with Gasteiger partial charge >= 0.3 is 0 Å². The second-order valence-corrected chi connectivity index (χ2v) is 8.60. The fourth-order valence-corrected chi connectivity index (χ4v) is 4.61. The van der Waals surface area contributed by atoms with Gasteiger partial charge in [0.15, 0.2) is 10.3 Å². The van der Waals surface area contributed by atoms with Gasteiger partial charge in [0.2, 0.25) is 5.91 Å². The van der Waals surface area contributed by atoms with Gasteiger partial charge in [0.05, 0.1) is 22.3 Å². The van der Waals surface area contributed by atoms with E-state index in [1.165, 1.54) is 29.2 Å². The average molecular weight is 443 g/mol. The van der Waals surface area contributed by atoms with Gasteiger partial charge in [0.1, 0.15) is 0 Å². The number of para-hydroxylation sites is 1. The van der Waals surface area contributed by atoms with Crippen LogP contribution in [0.4, 0.5) is 5.13 Å². The standard InChI is InChI=1S/C20H15ClN4O2S2/c21-13-5-3-4-12(8-13)11-28-19-22-14(9-17(26)24-19)10-18(27)25-20-23-15-6-1-2-7-16(15)29-20/h1-9H,10-11H2,(H,22,24,26)(H,23,25,27). The zero-order chi connectivity index (χ0) is 20.2. The van der Waals surface area contributed by atoms with Crippen molar-refractivity contribution in [2.24, 2.45) is 0 Å². The quantitative estimate of drug-likeness (QED) is 0.339. The molecule has 4 rings (SSSR count). The van der Waals surface area contributed by atoms with Gasteiger partial charge in [-0.15, -0.1) is 0 Å². The maximum Gasteiger partial charge on any atom is 0.251 e. The number of nitrogens with one attached hydrogen (secondary N) is 2. The van der Waals surface area contributed by atoms with Crippen LogP contribution in [-0.2, 0) is 17.0 Å². The molecule has 0 saturated carbocycles. The van der Waals surface area contributed by atoms with Gasteiger partial charge in [-0.3, -0.25) is 9.59 Å². The second kappa shape index (κ2) is 8.77. The molecule has 0 bridgehead atoms. The van der Waals surface area contributed by atoms with Crippen molar-refractivity contribution in [3.05, 3.63) is 81.2 Å². The number of thioether (sulfide) groups is 1. The molecule has 0 spiro atoms. The largest absolute Gasteiger partial charge is 0.302 e. The molecule has 9 heteroatoms. The van der Waals surface area contributed by atoms with Gasteiger partial charge in [-0.2, -0.15) is 0 Å². The summed E-state index contributed by atoms with van der Waals surface area (Å²) in [5.41, 5.74) is 1.96. The Kier molecular flexibility index (Phi) is 5.94. The molecule has 0 saturated heterocycles. The summed E-state index contributed by atoms with van der Waals surface area (Å²) >= 11 is 8.78. The number of carbonyl (C=O) groups excluding carboxylic acids is 1. The van der Waals surface area contributed by atoms with Gasteiger partial charge in [-0.1, -0.05) is 59.0 Å². The molecule has 2 N–H and O–H groups in total. The van der Waals surface area contributed by atoms with Crippen molar-refractivity contribution in [3.8, 4) is 0 Å². The number of amides is 1. The Hall–Kier alpha value is -2.68. The number of hydrogen-bond acceptors (Lipinski definition) is 6. The van der Waals surface area contributed by atoms with Gasteiger partial charge in [0, 0.05) is 16.8 Å². The van der Waals surface area contributed by atoms with Gasteiger partial charge in [-0.05, 0) is 29.8 Å². The number of halogens is 1. The predicted octanol–water partition coefficient (Wildman–Crippen LogP) is 4.51. The molecule has 0 unspecified atom stereocenters. The monoisotopic (exact) mass is 442 g/mol. The molecule has 2 aromatic heterocycles. The highest BCUT2D eigenvalue weighted by atomic mass is 35.5. The average Bonchev–Trinajstić information content (AvgIpc) is 3.08. The Balaban J connectivity index is 1.42. The zero-order valence-electron chi connectivity index (χ0n) is 15.0. The molecule has 2 aromatic carbocycles. The van der Waals surface area contributed by atoms with Crippen LogP contribution >= 0.6 is 34.7 Å². The molecule has 29 heavy (non-hydrogen) atoms. The lowest BCUT2D eigenvalue weighted by Crippen LogP contribution is -2.18. The molecule has 4 aromatic rings. The van der Waals surface area contributed by atoms with E-state index in [-0.39, 0.29) is 17.9 Å². The predicted molar refractivity (Wildman–Crippen MR) is 118 cm³/mol. The van der Waals surface area contributed by atoms with Crippen LogP contribution in [-0.4, -0.2) is 20.9 Å². The van der Waals surface area contributed by atoms with E-state index in [0.29, 0.717) is 26.8 Å². The minimum atomic E-state index is -0.295. The maximum absolute atomic E-state index is 12.4. The van der Waals surface area contributed by atoms with E-state index in [2.05, 4.69) is 20.3 Å². The van der Waals surface area contributed by atoms with E-state index in [1.54, 1.807) is 6.07 Å². The van der Waals surface area contributed by atoms with Crippen LogP contribution in [0.15, 0.2) is 64.5 Å². The van der Waals surface area contributed by atoms with Crippen molar-refractivity contribution >= 4 is 56.0 Å². The first-order valence-electron chi connectivity index (χ1n) is 8.68. The molecule has 0 fully saturated rings. The number of fused-ring (bicyclic) bond motifs is 1. The number of benzene rings is 2. The van der Waals surface area contributed by atoms with E-state index >= 15 is 0 Å². The van der Waals surface area contributed by atoms with Crippen LogP contribution in [0.25, 0.3) is 10.2 Å².